The minimum absolute atomic E-state index is 0.252. The third kappa shape index (κ3) is 3.35. The number of nitrogens with zero attached hydrogens (tertiary/aromatic N) is 1. The van der Waals surface area contributed by atoms with Gasteiger partial charge in [-0.3, -0.25) is 4.79 Å². The van der Waals surface area contributed by atoms with Crippen LogP contribution in [0.5, 0.6) is 0 Å². The van der Waals surface area contributed by atoms with Crippen molar-refractivity contribution in [3.05, 3.63) is 59.7 Å². The van der Waals surface area contributed by atoms with Crippen LogP contribution in [0.1, 0.15) is 15.9 Å². The maximum absolute atomic E-state index is 12.7. The van der Waals surface area contributed by atoms with E-state index in [4.69, 9.17) is 5.73 Å². The van der Waals surface area contributed by atoms with Gasteiger partial charge in [0.25, 0.3) is 5.91 Å². The molecule has 0 saturated heterocycles. The van der Waals surface area contributed by atoms with E-state index in [-0.39, 0.29) is 5.91 Å². The molecule has 0 unspecified atom stereocenters. The molecule has 0 aliphatic rings. The first kappa shape index (κ1) is 13.2. The van der Waals surface area contributed by atoms with Crippen LogP contribution in [0.25, 0.3) is 0 Å². The minimum atomic E-state index is -0.582. The maximum Gasteiger partial charge on any atom is 0.255 e. The van der Waals surface area contributed by atoms with E-state index in [1.807, 2.05) is 12.1 Å². The zero-order valence-corrected chi connectivity index (χ0v) is 10.3. The molecule has 0 bridgehead atoms. The van der Waals surface area contributed by atoms with Crippen molar-refractivity contribution in [3.63, 3.8) is 0 Å². The van der Waals surface area contributed by atoms with Gasteiger partial charge in [-0.2, -0.15) is 4.39 Å². The van der Waals surface area contributed by atoms with Gasteiger partial charge in [-0.05, 0) is 36.7 Å². The molecule has 19 heavy (non-hydrogen) atoms. The molecule has 1 amide bonds. The number of carbonyl (C=O) groups excluding carboxylic acids is 1. The van der Waals surface area contributed by atoms with Crippen LogP contribution in [0.15, 0.2) is 42.6 Å². The van der Waals surface area contributed by atoms with E-state index in [1.54, 1.807) is 12.1 Å². The molecular formula is C14H14FN3O. The molecule has 2 rings (SSSR count). The summed E-state index contributed by atoms with van der Waals surface area (Å²) in [6.45, 7) is 0.475. The van der Waals surface area contributed by atoms with E-state index in [0.717, 1.165) is 5.56 Å². The first-order valence-electron chi connectivity index (χ1n) is 5.91. The number of nitrogens with two attached hydrogens (primary N) is 1. The summed E-state index contributed by atoms with van der Waals surface area (Å²) in [6.07, 6.45) is 1.91. The molecule has 0 aliphatic heterocycles. The Labute approximate surface area is 110 Å². The summed E-state index contributed by atoms with van der Waals surface area (Å²) in [6, 6.07) is 9.91. The highest BCUT2D eigenvalue weighted by molar-refractivity contribution is 6.05. The van der Waals surface area contributed by atoms with Crippen LogP contribution in [0.4, 0.5) is 10.1 Å². The minimum Gasteiger partial charge on any atom is -0.330 e. The molecule has 0 radical (unpaired) electrons. The molecule has 5 heteroatoms. The summed E-state index contributed by atoms with van der Waals surface area (Å²) in [5, 5.41) is 2.68. The summed E-state index contributed by atoms with van der Waals surface area (Å²) in [5.74, 6) is -0.834. The van der Waals surface area contributed by atoms with Crippen LogP contribution in [-0.4, -0.2) is 17.4 Å². The molecular weight excluding hydrogens is 245 g/mol. The van der Waals surface area contributed by atoms with Gasteiger partial charge >= 0.3 is 0 Å². The smallest absolute Gasteiger partial charge is 0.255 e. The number of rotatable bonds is 4. The molecule has 0 spiro atoms. The van der Waals surface area contributed by atoms with E-state index in [2.05, 4.69) is 10.3 Å². The molecule has 0 saturated carbocycles. The molecule has 0 atom stereocenters. The molecule has 2 aromatic rings. The van der Waals surface area contributed by atoms with E-state index >= 15 is 0 Å². The van der Waals surface area contributed by atoms with Gasteiger partial charge in [-0.15, -0.1) is 0 Å². The lowest BCUT2D eigenvalue weighted by atomic mass is 10.0. The second-order valence-corrected chi connectivity index (χ2v) is 4.02. The highest BCUT2D eigenvalue weighted by atomic mass is 19.1. The van der Waals surface area contributed by atoms with E-state index in [0.29, 0.717) is 24.2 Å². The maximum atomic E-state index is 12.7. The zero-order valence-electron chi connectivity index (χ0n) is 10.3. The number of halogens is 1. The SMILES string of the molecule is NCCc1ccccc1C(=O)Nc1ccc(F)nc1. The topological polar surface area (TPSA) is 68.0 Å². The van der Waals surface area contributed by atoms with Gasteiger partial charge in [0.05, 0.1) is 11.9 Å². The van der Waals surface area contributed by atoms with Gasteiger partial charge in [0.2, 0.25) is 5.95 Å². The Morgan fingerprint density at radius 2 is 2.05 bits per heavy atom. The average molecular weight is 259 g/mol. The average Bonchev–Trinajstić information content (AvgIpc) is 2.42. The second kappa shape index (κ2) is 6.06. The van der Waals surface area contributed by atoms with Crippen molar-refractivity contribution in [3.8, 4) is 0 Å². The van der Waals surface area contributed by atoms with Crippen molar-refractivity contribution in [2.75, 3.05) is 11.9 Å². The van der Waals surface area contributed by atoms with Crippen molar-refractivity contribution in [1.82, 2.24) is 4.98 Å². The van der Waals surface area contributed by atoms with Crippen molar-refractivity contribution in [2.24, 2.45) is 5.73 Å². The first-order valence-corrected chi connectivity index (χ1v) is 5.91. The molecule has 1 heterocycles. The highest BCUT2D eigenvalue weighted by Crippen LogP contribution is 2.13. The van der Waals surface area contributed by atoms with Crippen molar-refractivity contribution >= 4 is 11.6 Å². The Morgan fingerprint density at radius 3 is 2.74 bits per heavy atom. The van der Waals surface area contributed by atoms with Gasteiger partial charge in [-0.25, -0.2) is 4.98 Å². The Hall–Kier alpha value is -2.27. The Bertz CT molecular complexity index is 569. The monoisotopic (exact) mass is 259 g/mol. The predicted molar refractivity (Wildman–Crippen MR) is 71.3 cm³/mol. The van der Waals surface area contributed by atoms with Crippen LogP contribution < -0.4 is 11.1 Å². The molecule has 98 valence electrons. The van der Waals surface area contributed by atoms with Gasteiger partial charge < -0.3 is 11.1 Å². The third-order valence-electron chi connectivity index (χ3n) is 2.66. The summed E-state index contributed by atoms with van der Waals surface area (Å²) >= 11 is 0. The molecule has 3 N–H and O–H groups in total. The largest absolute Gasteiger partial charge is 0.330 e. The van der Waals surface area contributed by atoms with Crippen LogP contribution in [0, 0.1) is 5.95 Å². The fraction of sp³-hybridized carbons (Fsp3) is 0.143. The molecule has 0 fully saturated rings. The molecule has 4 nitrogen and oxygen atoms in total. The number of pyridine rings is 1. The van der Waals surface area contributed by atoms with Crippen LogP contribution >= 0.6 is 0 Å². The number of anilines is 1. The number of nitrogens with one attached hydrogen (secondary N) is 1. The number of aromatic nitrogens is 1. The number of amides is 1. The standard InChI is InChI=1S/C14H14FN3O/c15-13-6-5-11(9-17-13)18-14(19)12-4-2-1-3-10(12)7-8-16/h1-6,9H,7-8,16H2,(H,18,19). The van der Waals surface area contributed by atoms with Crippen molar-refractivity contribution in [2.45, 2.75) is 6.42 Å². The lowest BCUT2D eigenvalue weighted by Gasteiger charge is -2.09. The first-order chi connectivity index (χ1) is 9.20. The second-order valence-electron chi connectivity index (χ2n) is 4.02. The number of benzene rings is 1. The molecule has 1 aromatic heterocycles. The van der Waals surface area contributed by atoms with Crippen LogP contribution in [0.3, 0.4) is 0 Å². The fourth-order valence-corrected chi connectivity index (χ4v) is 1.76. The van der Waals surface area contributed by atoms with E-state index < -0.39 is 5.95 Å². The normalized spacial score (nSPS) is 10.2. The van der Waals surface area contributed by atoms with E-state index in [9.17, 15) is 9.18 Å². The van der Waals surface area contributed by atoms with Crippen molar-refractivity contribution in [1.29, 1.82) is 0 Å². The lowest BCUT2D eigenvalue weighted by molar-refractivity contribution is 0.102. The quantitative estimate of drug-likeness (QED) is 0.825. The van der Waals surface area contributed by atoms with Crippen LogP contribution in [-0.2, 0) is 6.42 Å². The van der Waals surface area contributed by atoms with Gasteiger partial charge in [0, 0.05) is 5.56 Å². The Kier molecular flexibility index (Phi) is 4.20. The molecule has 0 aliphatic carbocycles. The summed E-state index contributed by atoms with van der Waals surface area (Å²) in [5.41, 5.74) is 7.42. The number of hydrogen-bond acceptors (Lipinski definition) is 3. The van der Waals surface area contributed by atoms with Crippen LogP contribution in [0.2, 0.25) is 0 Å². The number of carbonyl (C=O) groups is 1. The lowest BCUT2D eigenvalue weighted by Crippen LogP contribution is -2.16. The zero-order chi connectivity index (χ0) is 13.7. The third-order valence-corrected chi connectivity index (χ3v) is 2.66. The van der Waals surface area contributed by atoms with Crippen molar-refractivity contribution < 1.29 is 9.18 Å². The Balaban J connectivity index is 2.18. The summed E-state index contributed by atoms with van der Waals surface area (Å²) in [4.78, 5) is 15.6. The summed E-state index contributed by atoms with van der Waals surface area (Å²) in [7, 11) is 0. The van der Waals surface area contributed by atoms with Gasteiger partial charge in [0.15, 0.2) is 0 Å². The van der Waals surface area contributed by atoms with Gasteiger partial charge in [0.1, 0.15) is 0 Å². The predicted octanol–water partition coefficient (Wildman–Crippen LogP) is 1.97. The summed E-state index contributed by atoms with van der Waals surface area (Å²) < 4.78 is 12.7. The highest BCUT2D eigenvalue weighted by Gasteiger charge is 2.10. The number of hydrogen-bond donors (Lipinski definition) is 2. The fourth-order valence-electron chi connectivity index (χ4n) is 1.76. The Morgan fingerprint density at radius 1 is 1.26 bits per heavy atom. The van der Waals surface area contributed by atoms with Gasteiger partial charge in [-0.1, -0.05) is 18.2 Å². The van der Waals surface area contributed by atoms with E-state index in [1.165, 1.54) is 18.3 Å². The molecule has 1 aromatic carbocycles.